The van der Waals surface area contributed by atoms with Crippen LogP contribution in [0.5, 0.6) is 0 Å². The van der Waals surface area contributed by atoms with Gasteiger partial charge in [-0.25, -0.2) is 4.39 Å². The molecule has 0 aliphatic heterocycles. The Morgan fingerprint density at radius 3 is 2.64 bits per heavy atom. The maximum Gasteiger partial charge on any atom is 0.129 e. The zero-order valence-electron chi connectivity index (χ0n) is 6.20. The zero-order valence-corrected chi connectivity index (χ0v) is 7.78. The standard InChI is InChI=1S/C8H9BrFN/c1-2-6-7(10)3-5(9)4-8(6)11/h3-4H,2,11H2,1H3. The first-order valence-electron chi connectivity index (χ1n) is 3.38. The van der Waals surface area contributed by atoms with E-state index >= 15 is 0 Å². The first-order chi connectivity index (χ1) is 5.15. The summed E-state index contributed by atoms with van der Waals surface area (Å²) in [5, 5.41) is 0. The average Bonchev–Trinajstić information content (AvgIpc) is 1.85. The maximum atomic E-state index is 13.0. The van der Waals surface area contributed by atoms with Gasteiger partial charge >= 0.3 is 0 Å². The summed E-state index contributed by atoms with van der Waals surface area (Å²) in [4.78, 5) is 0. The molecular formula is C8H9BrFN. The topological polar surface area (TPSA) is 26.0 Å². The molecule has 0 amide bonds. The fourth-order valence-electron chi connectivity index (χ4n) is 0.996. The van der Waals surface area contributed by atoms with E-state index in [-0.39, 0.29) is 5.82 Å². The molecule has 0 heterocycles. The number of hydrogen-bond acceptors (Lipinski definition) is 1. The van der Waals surface area contributed by atoms with Crippen molar-refractivity contribution in [2.24, 2.45) is 0 Å². The molecule has 60 valence electrons. The van der Waals surface area contributed by atoms with Crippen molar-refractivity contribution in [3.05, 3.63) is 28.0 Å². The van der Waals surface area contributed by atoms with Crippen molar-refractivity contribution in [2.45, 2.75) is 13.3 Å². The van der Waals surface area contributed by atoms with Gasteiger partial charge < -0.3 is 5.73 Å². The number of hydrogen-bond donors (Lipinski definition) is 1. The van der Waals surface area contributed by atoms with Crippen LogP contribution in [0.2, 0.25) is 0 Å². The number of rotatable bonds is 1. The van der Waals surface area contributed by atoms with Crippen LogP contribution in [-0.4, -0.2) is 0 Å². The lowest BCUT2D eigenvalue weighted by atomic mass is 10.1. The van der Waals surface area contributed by atoms with Crippen LogP contribution in [0.1, 0.15) is 12.5 Å². The Bertz CT molecular complexity index is 250. The van der Waals surface area contributed by atoms with Crippen molar-refractivity contribution >= 4 is 21.6 Å². The van der Waals surface area contributed by atoms with Crippen molar-refractivity contribution < 1.29 is 4.39 Å². The summed E-state index contributed by atoms with van der Waals surface area (Å²) in [7, 11) is 0. The molecular weight excluding hydrogens is 209 g/mol. The van der Waals surface area contributed by atoms with E-state index in [1.54, 1.807) is 6.07 Å². The minimum absolute atomic E-state index is 0.237. The van der Waals surface area contributed by atoms with Crippen molar-refractivity contribution in [1.82, 2.24) is 0 Å². The Morgan fingerprint density at radius 1 is 1.55 bits per heavy atom. The average molecular weight is 218 g/mol. The largest absolute Gasteiger partial charge is 0.398 e. The summed E-state index contributed by atoms with van der Waals surface area (Å²) in [5.74, 6) is -0.237. The van der Waals surface area contributed by atoms with Crippen LogP contribution in [-0.2, 0) is 6.42 Å². The van der Waals surface area contributed by atoms with Gasteiger partial charge in [-0.3, -0.25) is 0 Å². The molecule has 0 saturated heterocycles. The smallest absolute Gasteiger partial charge is 0.129 e. The molecule has 0 atom stereocenters. The SMILES string of the molecule is CCc1c(N)cc(Br)cc1F. The third kappa shape index (κ3) is 1.71. The van der Waals surface area contributed by atoms with E-state index in [1.807, 2.05) is 6.92 Å². The molecule has 1 rings (SSSR count). The van der Waals surface area contributed by atoms with E-state index in [0.717, 1.165) is 0 Å². The molecule has 1 aromatic carbocycles. The molecule has 0 radical (unpaired) electrons. The zero-order chi connectivity index (χ0) is 8.43. The highest BCUT2D eigenvalue weighted by molar-refractivity contribution is 9.10. The maximum absolute atomic E-state index is 13.0. The molecule has 0 unspecified atom stereocenters. The summed E-state index contributed by atoms with van der Waals surface area (Å²) < 4.78 is 13.7. The number of benzene rings is 1. The van der Waals surface area contributed by atoms with Crippen LogP contribution in [0, 0.1) is 5.82 Å². The Kier molecular flexibility index (Phi) is 2.49. The highest BCUT2D eigenvalue weighted by Gasteiger charge is 2.04. The molecule has 2 N–H and O–H groups in total. The summed E-state index contributed by atoms with van der Waals surface area (Å²) in [5.41, 5.74) is 6.67. The second-order valence-electron chi connectivity index (χ2n) is 2.31. The number of nitrogens with two attached hydrogens (primary N) is 1. The van der Waals surface area contributed by atoms with E-state index in [1.165, 1.54) is 6.07 Å². The van der Waals surface area contributed by atoms with Gasteiger partial charge in [0.1, 0.15) is 5.82 Å². The van der Waals surface area contributed by atoms with Gasteiger partial charge in [-0.15, -0.1) is 0 Å². The molecule has 11 heavy (non-hydrogen) atoms. The number of nitrogen functional groups attached to an aromatic ring is 1. The normalized spacial score (nSPS) is 10.1. The van der Waals surface area contributed by atoms with E-state index < -0.39 is 0 Å². The van der Waals surface area contributed by atoms with Crippen molar-refractivity contribution in [2.75, 3.05) is 5.73 Å². The van der Waals surface area contributed by atoms with E-state index in [9.17, 15) is 4.39 Å². The second kappa shape index (κ2) is 3.22. The lowest BCUT2D eigenvalue weighted by Crippen LogP contribution is -1.96. The first-order valence-corrected chi connectivity index (χ1v) is 4.17. The lowest BCUT2D eigenvalue weighted by Gasteiger charge is -2.04. The molecule has 0 aromatic heterocycles. The molecule has 0 aliphatic carbocycles. The first kappa shape index (κ1) is 8.53. The summed E-state index contributed by atoms with van der Waals surface area (Å²) in [6, 6.07) is 3.14. The van der Waals surface area contributed by atoms with Crippen LogP contribution in [0.3, 0.4) is 0 Å². The van der Waals surface area contributed by atoms with Gasteiger partial charge in [0.05, 0.1) is 0 Å². The highest BCUT2D eigenvalue weighted by atomic mass is 79.9. The van der Waals surface area contributed by atoms with Crippen LogP contribution >= 0.6 is 15.9 Å². The molecule has 0 bridgehead atoms. The lowest BCUT2D eigenvalue weighted by molar-refractivity contribution is 0.612. The third-order valence-corrected chi connectivity index (χ3v) is 2.01. The van der Waals surface area contributed by atoms with Gasteiger partial charge in [-0.1, -0.05) is 22.9 Å². The van der Waals surface area contributed by atoms with Crippen LogP contribution in [0.15, 0.2) is 16.6 Å². The molecule has 0 fully saturated rings. The minimum atomic E-state index is -0.237. The fraction of sp³-hybridized carbons (Fsp3) is 0.250. The molecule has 3 heteroatoms. The van der Waals surface area contributed by atoms with E-state index in [0.29, 0.717) is 22.1 Å². The third-order valence-electron chi connectivity index (χ3n) is 1.55. The van der Waals surface area contributed by atoms with Crippen molar-refractivity contribution in [3.63, 3.8) is 0 Å². The fourth-order valence-corrected chi connectivity index (χ4v) is 1.44. The Labute approximate surface area is 73.5 Å². The van der Waals surface area contributed by atoms with Gasteiger partial charge in [0, 0.05) is 15.7 Å². The van der Waals surface area contributed by atoms with Crippen LogP contribution in [0.25, 0.3) is 0 Å². The van der Waals surface area contributed by atoms with Gasteiger partial charge in [-0.05, 0) is 18.6 Å². The van der Waals surface area contributed by atoms with Crippen molar-refractivity contribution in [3.8, 4) is 0 Å². The molecule has 0 aliphatic rings. The van der Waals surface area contributed by atoms with Gasteiger partial charge in [0.2, 0.25) is 0 Å². The summed E-state index contributed by atoms with van der Waals surface area (Å²) in [6.45, 7) is 1.88. The van der Waals surface area contributed by atoms with Crippen molar-refractivity contribution in [1.29, 1.82) is 0 Å². The summed E-state index contributed by atoms with van der Waals surface area (Å²) >= 11 is 3.16. The van der Waals surface area contributed by atoms with E-state index in [2.05, 4.69) is 15.9 Å². The predicted octanol–water partition coefficient (Wildman–Crippen LogP) is 2.73. The van der Waals surface area contributed by atoms with Gasteiger partial charge in [-0.2, -0.15) is 0 Å². The molecule has 1 aromatic rings. The Balaban J connectivity index is 3.25. The molecule has 0 spiro atoms. The predicted molar refractivity (Wildman–Crippen MR) is 47.9 cm³/mol. The highest BCUT2D eigenvalue weighted by Crippen LogP contribution is 2.22. The van der Waals surface area contributed by atoms with E-state index in [4.69, 9.17) is 5.73 Å². The van der Waals surface area contributed by atoms with Gasteiger partial charge in [0.15, 0.2) is 0 Å². The Morgan fingerprint density at radius 2 is 2.18 bits per heavy atom. The number of halogens is 2. The number of anilines is 1. The molecule has 0 saturated carbocycles. The second-order valence-corrected chi connectivity index (χ2v) is 3.22. The summed E-state index contributed by atoms with van der Waals surface area (Å²) in [6.07, 6.45) is 0.630. The van der Waals surface area contributed by atoms with Crippen LogP contribution < -0.4 is 5.73 Å². The van der Waals surface area contributed by atoms with Gasteiger partial charge in [0.25, 0.3) is 0 Å². The monoisotopic (exact) mass is 217 g/mol. The minimum Gasteiger partial charge on any atom is -0.398 e. The van der Waals surface area contributed by atoms with Crippen LogP contribution in [0.4, 0.5) is 10.1 Å². The molecule has 1 nitrogen and oxygen atoms in total. The Hall–Kier alpha value is -0.570. The quantitative estimate of drug-likeness (QED) is 0.720.